The van der Waals surface area contributed by atoms with Crippen LogP contribution in [0, 0.1) is 0 Å². The van der Waals surface area contributed by atoms with Gasteiger partial charge in [-0.15, -0.1) is 0 Å². The fourth-order valence-electron chi connectivity index (χ4n) is 1.46. The van der Waals surface area contributed by atoms with Crippen molar-refractivity contribution in [1.82, 2.24) is 14.8 Å². The van der Waals surface area contributed by atoms with E-state index in [-0.39, 0.29) is 5.41 Å². The molecule has 4 heteroatoms. The molecule has 80 valence electrons. The predicted molar refractivity (Wildman–Crippen MR) is 62.2 cm³/mol. The quantitative estimate of drug-likeness (QED) is 0.688. The molecule has 0 spiro atoms. The number of halogens is 1. The van der Waals surface area contributed by atoms with Crippen molar-refractivity contribution in [2.45, 2.75) is 26.2 Å². The Hall–Kier alpha value is -1.09. The first kappa shape index (κ1) is 10.4. The molecular formula is C11H14ClN3. The second kappa shape index (κ2) is 3.20. The van der Waals surface area contributed by atoms with Gasteiger partial charge in [0, 0.05) is 18.2 Å². The molecule has 3 nitrogen and oxygen atoms in total. The molecule has 2 heterocycles. The van der Waals surface area contributed by atoms with Crippen LogP contribution in [0.1, 0.15) is 26.5 Å². The summed E-state index contributed by atoms with van der Waals surface area (Å²) in [7, 11) is 1.87. The number of aryl methyl sites for hydroxylation is 1. The van der Waals surface area contributed by atoms with Gasteiger partial charge in [0.15, 0.2) is 5.65 Å². The molecule has 2 aromatic rings. The highest BCUT2D eigenvalue weighted by Gasteiger charge is 2.18. The maximum atomic E-state index is 6.19. The molecule has 0 aromatic carbocycles. The Morgan fingerprint density at radius 1 is 1.33 bits per heavy atom. The van der Waals surface area contributed by atoms with Gasteiger partial charge in [0.05, 0.1) is 16.6 Å². The standard InChI is InChI=1S/C11H14ClN3/c1-11(2,3)9-5-8(12)7-6-13-15(4)10(7)14-9/h5-6H,1-4H3. The third-order valence-corrected chi connectivity index (χ3v) is 2.74. The third kappa shape index (κ3) is 1.72. The first-order valence-corrected chi connectivity index (χ1v) is 5.26. The van der Waals surface area contributed by atoms with Crippen LogP contribution >= 0.6 is 11.6 Å². The zero-order valence-corrected chi connectivity index (χ0v) is 10.1. The summed E-state index contributed by atoms with van der Waals surface area (Å²) >= 11 is 6.19. The van der Waals surface area contributed by atoms with E-state index in [0.717, 1.165) is 21.7 Å². The Bertz CT molecular complexity index is 508. The maximum absolute atomic E-state index is 6.19. The van der Waals surface area contributed by atoms with Crippen LogP contribution in [-0.4, -0.2) is 14.8 Å². The highest BCUT2D eigenvalue weighted by Crippen LogP contribution is 2.28. The van der Waals surface area contributed by atoms with Crippen LogP contribution in [0.2, 0.25) is 5.02 Å². The number of hydrogen-bond donors (Lipinski definition) is 0. The summed E-state index contributed by atoms with van der Waals surface area (Å²) in [6.07, 6.45) is 1.75. The lowest BCUT2D eigenvalue weighted by Crippen LogP contribution is -2.13. The van der Waals surface area contributed by atoms with E-state index in [0.29, 0.717) is 0 Å². The minimum absolute atomic E-state index is 0.00208. The lowest BCUT2D eigenvalue weighted by molar-refractivity contribution is 0.569. The van der Waals surface area contributed by atoms with E-state index in [4.69, 9.17) is 11.6 Å². The fraction of sp³-hybridized carbons (Fsp3) is 0.455. The first-order valence-electron chi connectivity index (χ1n) is 4.88. The number of hydrogen-bond acceptors (Lipinski definition) is 2. The van der Waals surface area contributed by atoms with Gasteiger partial charge in [-0.3, -0.25) is 4.68 Å². The molecule has 0 unspecified atom stereocenters. The third-order valence-electron chi connectivity index (χ3n) is 2.42. The van der Waals surface area contributed by atoms with Gasteiger partial charge in [-0.25, -0.2) is 4.98 Å². The summed E-state index contributed by atoms with van der Waals surface area (Å²) in [5.41, 5.74) is 1.83. The number of nitrogens with zero attached hydrogens (tertiary/aromatic N) is 3. The molecule has 15 heavy (non-hydrogen) atoms. The van der Waals surface area contributed by atoms with Crippen LogP contribution in [0.15, 0.2) is 12.3 Å². The summed E-state index contributed by atoms with van der Waals surface area (Å²) in [6, 6.07) is 1.92. The second-order valence-electron chi connectivity index (χ2n) is 4.74. The number of pyridine rings is 1. The zero-order valence-electron chi connectivity index (χ0n) is 9.37. The van der Waals surface area contributed by atoms with E-state index in [1.54, 1.807) is 10.9 Å². The number of rotatable bonds is 0. The van der Waals surface area contributed by atoms with E-state index < -0.39 is 0 Å². The molecule has 2 aromatic heterocycles. The Balaban J connectivity index is 2.76. The maximum Gasteiger partial charge on any atom is 0.159 e. The molecule has 0 N–H and O–H groups in total. The van der Waals surface area contributed by atoms with E-state index in [1.165, 1.54) is 0 Å². The topological polar surface area (TPSA) is 30.7 Å². The Labute approximate surface area is 94.1 Å². The van der Waals surface area contributed by atoms with Crippen molar-refractivity contribution in [3.8, 4) is 0 Å². The largest absolute Gasteiger partial charge is 0.250 e. The van der Waals surface area contributed by atoms with Crippen molar-refractivity contribution < 1.29 is 0 Å². The highest BCUT2D eigenvalue weighted by atomic mass is 35.5. The minimum atomic E-state index is 0.00208. The Morgan fingerprint density at radius 2 is 2.00 bits per heavy atom. The van der Waals surface area contributed by atoms with Gasteiger partial charge < -0.3 is 0 Å². The van der Waals surface area contributed by atoms with Crippen LogP contribution in [-0.2, 0) is 12.5 Å². The van der Waals surface area contributed by atoms with Gasteiger partial charge in [0.25, 0.3) is 0 Å². The monoisotopic (exact) mass is 223 g/mol. The number of aromatic nitrogens is 3. The predicted octanol–water partition coefficient (Wildman–Crippen LogP) is 2.92. The molecule has 0 fully saturated rings. The first-order chi connectivity index (χ1) is 6.89. The van der Waals surface area contributed by atoms with Crippen molar-refractivity contribution in [2.75, 3.05) is 0 Å². The average Bonchev–Trinajstić information content (AvgIpc) is 2.47. The van der Waals surface area contributed by atoms with Crippen molar-refractivity contribution in [3.05, 3.63) is 23.0 Å². The second-order valence-corrected chi connectivity index (χ2v) is 5.15. The fourth-order valence-corrected chi connectivity index (χ4v) is 1.70. The molecule has 2 rings (SSSR count). The SMILES string of the molecule is Cn1ncc2c(Cl)cc(C(C)(C)C)nc21. The van der Waals surface area contributed by atoms with E-state index in [1.807, 2.05) is 13.1 Å². The van der Waals surface area contributed by atoms with Crippen LogP contribution < -0.4 is 0 Å². The van der Waals surface area contributed by atoms with E-state index in [9.17, 15) is 0 Å². The Morgan fingerprint density at radius 3 is 2.60 bits per heavy atom. The summed E-state index contributed by atoms with van der Waals surface area (Å²) in [5, 5.41) is 5.78. The molecule has 0 aliphatic carbocycles. The van der Waals surface area contributed by atoms with Crippen molar-refractivity contribution in [1.29, 1.82) is 0 Å². The summed E-state index contributed by atoms with van der Waals surface area (Å²) < 4.78 is 1.75. The Kier molecular flexibility index (Phi) is 2.23. The summed E-state index contributed by atoms with van der Waals surface area (Å²) in [4.78, 5) is 4.58. The van der Waals surface area contributed by atoms with Crippen LogP contribution in [0.5, 0.6) is 0 Å². The summed E-state index contributed by atoms with van der Waals surface area (Å²) in [5.74, 6) is 0. The lowest BCUT2D eigenvalue weighted by atomic mass is 9.91. The van der Waals surface area contributed by atoms with Crippen molar-refractivity contribution >= 4 is 22.6 Å². The van der Waals surface area contributed by atoms with Crippen LogP contribution in [0.4, 0.5) is 0 Å². The van der Waals surface area contributed by atoms with Gasteiger partial charge in [-0.05, 0) is 6.07 Å². The zero-order chi connectivity index (χ0) is 11.2. The average molecular weight is 224 g/mol. The lowest BCUT2D eigenvalue weighted by Gasteiger charge is -2.18. The highest BCUT2D eigenvalue weighted by molar-refractivity contribution is 6.35. The molecule has 0 saturated carbocycles. The van der Waals surface area contributed by atoms with Gasteiger partial charge in [0.2, 0.25) is 0 Å². The van der Waals surface area contributed by atoms with E-state index >= 15 is 0 Å². The van der Waals surface area contributed by atoms with E-state index in [2.05, 4.69) is 30.9 Å². The van der Waals surface area contributed by atoms with Crippen LogP contribution in [0.25, 0.3) is 11.0 Å². The van der Waals surface area contributed by atoms with Gasteiger partial charge >= 0.3 is 0 Å². The van der Waals surface area contributed by atoms with Gasteiger partial charge in [-0.2, -0.15) is 5.10 Å². The molecule has 0 aliphatic rings. The minimum Gasteiger partial charge on any atom is -0.250 e. The van der Waals surface area contributed by atoms with Crippen molar-refractivity contribution in [2.24, 2.45) is 7.05 Å². The van der Waals surface area contributed by atoms with Gasteiger partial charge in [0.1, 0.15) is 0 Å². The molecule has 0 radical (unpaired) electrons. The van der Waals surface area contributed by atoms with Gasteiger partial charge in [-0.1, -0.05) is 32.4 Å². The van der Waals surface area contributed by atoms with Crippen LogP contribution in [0.3, 0.4) is 0 Å². The smallest absolute Gasteiger partial charge is 0.159 e. The molecule has 0 saturated heterocycles. The molecule has 0 amide bonds. The number of fused-ring (bicyclic) bond motifs is 1. The molecule has 0 atom stereocenters. The van der Waals surface area contributed by atoms with Crippen molar-refractivity contribution in [3.63, 3.8) is 0 Å². The molecular weight excluding hydrogens is 210 g/mol. The summed E-state index contributed by atoms with van der Waals surface area (Å²) in [6.45, 7) is 6.36. The molecule has 0 aliphatic heterocycles. The normalized spacial score (nSPS) is 12.3. The molecule has 0 bridgehead atoms.